The minimum absolute atomic E-state index is 0.0219. The maximum atomic E-state index is 13.0. The third-order valence-corrected chi connectivity index (χ3v) is 8.29. The zero-order valence-corrected chi connectivity index (χ0v) is 19.1. The van der Waals surface area contributed by atoms with Crippen LogP contribution in [0.5, 0.6) is 0 Å². The van der Waals surface area contributed by atoms with Crippen molar-refractivity contribution in [3.05, 3.63) is 0 Å². The SMILES string of the molecule is CCCC(CCC)C(=O)OC1O[C@@H]2O[C@@]3(C)CC[C@@]4(N)[C@H](C)CCC([C@H]1C)[C@@]24OO3. The molecule has 1 aliphatic carbocycles. The zero-order chi connectivity index (χ0) is 21.7. The minimum atomic E-state index is -0.911. The molecular formula is C23H39NO6. The number of carbonyl (C=O) groups excluding carboxylic acids is 1. The number of fused-ring (bicyclic) bond motifs is 2. The molecule has 5 fully saturated rings. The molecule has 5 aliphatic rings. The van der Waals surface area contributed by atoms with E-state index >= 15 is 0 Å². The molecule has 0 aromatic rings. The Bertz CT molecular complexity index is 654. The predicted octanol–water partition coefficient (Wildman–Crippen LogP) is 4.04. The van der Waals surface area contributed by atoms with E-state index in [0.29, 0.717) is 6.42 Å². The number of esters is 1. The van der Waals surface area contributed by atoms with Gasteiger partial charge in [-0.1, -0.05) is 40.5 Å². The van der Waals surface area contributed by atoms with Gasteiger partial charge in [-0.15, -0.1) is 0 Å². The lowest BCUT2D eigenvalue weighted by Crippen LogP contribution is -2.79. The number of rotatable bonds is 6. The Kier molecular flexibility index (Phi) is 5.99. The first kappa shape index (κ1) is 22.5. The number of carbonyl (C=O) groups is 1. The molecule has 2 N–H and O–H groups in total. The summed E-state index contributed by atoms with van der Waals surface area (Å²) in [4.78, 5) is 24.9. The molecule has 8 atom stereocenters. The second-order valence-electron chi connectivity index (χ2n) is 10.2. The summed E-state index contributed by atoms with van der Waals surface area (Å²) < 4.78 is 18.6. The Balaban J connectivity index is 1.62. The average Bonchev–Trinajstić information content (AvgIpc) is 2.89. The molecule has 4 saturated heterocycles. The van der Waals surface area contributed by atoms with E-state index in [0.717, 1.165) is 44.9 Å². The highest BCUT2D eigenvalue weighted by atomic mass is 17.3. The number of hydrogen-bond acceptors (Lipinski definition) is 7. The van der Waals surface area contributed by atoms with Crippen LogP contribution < -0.4 is 5.73 Å². The zero-order valence-electron chi connectivity index (χ0n) is 19.1. The summed E-state index contributed by atoms with van der Waals surface area (Å²) in [5.74, 6) is -0.969. The fraction of sp³-hybridized carbons (Fsp3) is 0.957. The number of nitrogens with two attached hydrogens (primary N) is 1. The van der Waals surface area contributed by atoms with Crippen LogP contribution >= 0.6 is 0 Å². The second kappa shape index (κ2) is 8.00. The maximum absolute atomic E-state index is 13.0. The van der Waals surface area contributed by atoms with Gasteiger partial charge in [-0.25, -0.2) is 9.78 Å². The highest BCUT2D eigenvalue weighted by Crippen LogP contribution is 2.61. The molecule has 2 unspecified atom stereocenters. The molecule has 0 radical (unpaired) electrons. The van der Waals surface area contributed by atoms with Crippen LogP contribution in [0, 0.1) is 23.7 Å². The molecular weight excluding hydrogens is 386 g/mol. The summed E-state index contributed by atoms with van der Waals surface area (Å²) in [5.41, 5.74) is 5.58. The van der Waals surface area contributed by atoms with Crippen molar-refractivity contribution >= 4 is 5.97 Å². The lowest BCUT2D eigenvalue weighted by Gasteiger charge is -2.63. The molecule has 4 aliphatic heterocycles. The van der Waals surface area contributed by atoms with Crippen molar-refractivity contribution in [2.45, 2.75) is 115 Å². The fourth-order valence-electron chi connectivity index (χ4n) is 6.31. The molecule has 7 heteroatoms. The summed E-state index contributed by atoms with van der Waals surface area (Å²) in [6.07, 6.45) is 5.47. The van der Waals surface area contributed by atoms with Gasteiger partial charge in [0.15, 0.2) is 11.9 Å². The molecule has 30 heavy (non-hydrogen) atoms. The van der Waals surface area contributed by atoms with E-state index in [1.54, 1.807) is 0 Å². The molecule has 1 saturated carbocycles. The third-order valence-electron chi connectivity index (χ3n) is 8.29. The average molecular weight is 426 g/mol. The van der Waals surface area contributed by atoms with Crippen LogP contribution in [0.4, 0.5) is 0 Å². The van der Waals surface area contributed by atoms with E-state index in [9.17, 15) is 4.79 Å². The molecule has 1 spiro atoms. The molecule has 5 rings (SSSR count). The molecule has 7 nitrogen and oxygen atoms in total. The van der Waals surface area contributed by atoms with E-state index in [2.05, 4.69) is 27.7 Å². The van der Waals surface area contributed by atoms with Gasteiger partial charge in [0, 0.05) is 18.3 Å². The van der Waals surface area contributed by atoms with Crippen LogP contribution in [0.3, 0.4) is 0 Å². The highest BCUT2D eigenvalue weighted by Gasteiger charge is 2.74. The summed E-state index contributed by atoms with van der Waals surface area (Å²) >= 11 is 0. The molecule has 0 amide bonds. The van der Waals surface area contributed by atoms with Crippen molar-refractivity contribution < 1.29 is 28.8 Å². The third kappa shape index (κ3) is 3.24. The number of hydrogen-bond donors (Lipinski definition) is 1. The summed E-state index contributed by atoms with van der Waals surface area (Å²) in [6.45, 7) is 10.3. The Labute approximate surface area is 180 Å². The van der Waals surface area contributed by atoms with Crippen LogP contribution in [0.2, 0.25) is 0 Å². The highest BCUT2D eigenvalue weighted by molar-refractivity contribution is 5.72. The molecule has 2 bridgehead atoms. The van der Waals surface area contributed by atoms with Gasteiger partial charge in [-0.05, 0) is 44.9 Å². The Morgan fingerprint density at radius 2 is 1.83 bits per heavy atom. The quantitative estimate of drug-likeness (QED) is 0.507. The van der Waals surface area contributed by atoms with Crippen molar-refractivity contribution in [1.29, 1.82) is 0 Å². The second-order valence-corrected chi connectivity index (χ2v) is 10.2. The van der Waals surface area contributed by atoms with Gasteiger partial charge in [-0.2, -0.15) is 0 Å². The molecule has 172 valence electrons. The van der Waals surface area contributed by atoms with E-state index < -0.39 is 29.5 Å². The van der Waals surface area contributed by atoms with Crippen molar-refractivity contribution in [2.75, 3.05) is 0 Å². The first-order chi connectivity index (χ1) is 14.2. The van der Waals surface area contributed by atoms with Gasteiger partial charge in [0.05, 0.1) is 11.5 Å². The van der Waals surface area contributed by atoms with E-state index in [1.807, 2.05) is 6.92 Å². The summed E-state index contributed by atoms with van der Waals surface area (Å²) in [5, 5.41) is 0. The topological polar surface area (TPSA) is 89.2 Å². The largest absolute Gasteiger partial charge is 0.435 e. The smallest absolute Gasteiger partial charge is 0.311 e. The number of ether oxygens (including phenoxy) is 3. The van der Waals surface area contributed by atoms with Crippen LogP contribution in [0.25, 0.3) is 0 Å². The fourth-order valence-corrected chi connectivity index (χ4v) is 6.31. The molecule has 0 aromatic carbocycles. The lowest BCUT2D eigenvalue weighted by atomic mass is 9.54. The van der Waals surface area contributed by atoms with Crippen molar-refractivity contribution in [2.24, 2.45) is 29.4 Å². The van der Waals surface area contributed by atoms with Gasteiger partial charge in [0.2, 0.25) is 12.1 Å². The van der Waals surface area contributed by atoms with Crippen LogP contribution in [-0.4, -0.2) is 35.5 Å². The van der Waals surface area contributed by atoms with E-state index in [1.165, 1.54) is 0 Å². The van der Waals surface area contributed by atoms with Crippen LogP contribution in [0.1, 0.15) is 86.0 Å². The summed E-state index contributed by atoms with van der Waals surface area (Å²) in [6, 6.07) is 0. The Hall–Kier alpha value is -0.730. The van der Waals surface area contributed by atoms with Gasteiger partial charge in [0.1, 0.15) is 0 Å². The Morgan fingerprint density at radius 3 is 2.50 bits per heavy atom. The normalized spacial score (nSPS) is 47.6. The Morgan fingerprint density at radius 1 is 1.13 bits per heavy atom. The van der Waals surface area contributed by atoms with Gasteiger partial charge in [0.25, 0.3) is 0 Å². The van der Waals surface area contributed by atoms with E-state index in [4.69, 9.17) is 29.7 Å². The molecule has 0 aromatic heterocycles. The standard InChI is InChI=1S/C23H39NO6/c1-6-8-16(9-7-2)18(25)26-19-15(4)17-11-10-14(3)22(24)13-12-21(5)28-20(27-19)23(17,22)30-29-21/h14-17,19-20H,6-13,24H2,1-5H3/t14-,15-,17?,19?,20-,21-,22-,23-/m1/s1. The van der Waals surface area contributed by atoms with Gasteiger partial charge < -0.3 is 19.9 Å². The first-order valence-electron chi connectivity index (χ1n) is 11.9. The van der Waals surface area contributed by atoms with Crippen LogP contribution in [0.15, 0.2) is 0 Å². The van der Waals surface area contributed by atoms with Crippen LogP contribution in [-0.2, 0) is 28.8 Å². The van der Waals surface area contributed by atoms with Crippen molar-refractivity contribution in [1.82, 2.24) is 0 Å². The monoisotopic (exact) mass is 425 g/mol. The maximum Gasteiger partial charge on any atom is 0.311 e. The summed E-state index contributed by atoms with van der Waals surface area (Å²) in [7, 11) is 0. The van der Waals surface area contributed by atoms with Crippen molar-refractivity contribution in [3.8, 4) is 0 Å². The lowest BCUT2D eigenvalue weighted by molar-refractivity contribution is -0.577. The van der Waals surface area contributed by atoms with E-state index in [-0.39, 0.29) is 29.6 Å². The minimum Gasteiger partial charge on any atom is -0.435 e. The van der Waals surface area contributed by atoms with Gasteiger partial charge >= 0.3 is 5.97 Å². The van der Waals surface area contributed by atoms with Crippen molar-refractivity contribution in [3.63, 3.8) is 0 Å². The predicted molar refractivity (Wildman–Crippen MR) is 110 cm³/mol. The van der Waals surface area contributed by atoms with Gasteiger partial charge in [-0.3, -0.25) is 4.79 Å². The molecule has 4 heterocycles. The first-order valence-corrected chi connectivity index (χ1v) is 11.9.